The van der Waals surface area contributed by atoms with E-state index in [-0.39, 0.29) is 18.9 Å². The molecule has 0 saturated carbocycles. The van der Waals surface area contributed by atoms with Crippen LogP contribution >= 0.6 is 0 Å². The van der Waals surface area contributed by atoms with E-state index in [2.05, 4.69) is 79.9 Å². The summed E-state index contributed by atoms with van der Waals surface area (Å²) in [5.41, 5.74) is 0. The Morgan fingerprint density at radius 3 is 1.51 bits per heavy atom. The van der Waals surface area contributed by atoms with Gasteiger partial charge in [0.05, 0.1) is 32.0 Å². The third-order valence-electron chi connectivity index (χ3n) is 13.6. The van der Waals surface area contributed by atoms with E-state index in [1.54, 1.807) is 6.08 Å². The number of unbranched alkanes of at least 4 members (excludes halogenated alkanes) is 21. The van der Waals surface area contributed by atoms with Gasteiger partial charge in [0, 0.05) is 6.42 Å². The first-order chi connectivity index (χ1) is 35.6. The highest BCUT2D eigenvalue weighted by Gasteiger charge is 2.51. The maximum atomic E-state index is 13.2. The largest absolute Gasteiger partial charge is 0.394 e. The minimum absolute atomic E-state index is 0.254. The second-order valence-electron chi connectivity index (χ2n) is 20.0. The standard InChI is InChI=1S/C59H103NO13/c1-3-5-7-9-11-13-15-17-19-21-23-25-26-28-30-32-34-36-38-40-42-48(63)47(60-51(64)43-41-39-37-35-33-31-29-27-24-22-20-18-16-14-12-10-8-6-4-2)46-70-58-56(69)54(67)57(50(45-62)72-58)73-59-55(68)53(66)52(65)49(44-61)71-59/h6,8,12,14,18,20,24,27,32,34,40,42,47-50,52-59,61-63,65-69H,3-5,7,9-11,13,15-17,19,21-23,25-26,28-31,33,35-39,41,43-46H2,1-2H3,(H,60,64)/b8-6-,14-12-,20-18-,27-24-,34-32+,42-40+. The number of nitrogens with one attached hydrogen (secondary N) is 1. The van der Waals surface area contributed by atoms with Crippen LogP contribution in [0.15, 0.2) is 72.9 Å². The second-order valence-corrected chi connectivity index (χ2v) is 20.0. The molecule has 73 heavy (non-hydrogen) atoms. The van der Waals surface area contributed by atoms with Crippen molar-refractivity contribution in [1.82, 2.24) is 5.32 Å². The van der Waals surface area contributed by atoms with E-state index in [0.717, 1.165) is 77.0 Å². The second kappa shape index (κ2) is 44.5. The molecule has 0 aliphatic carbocycles. The topological polar surface area (TPSA) is 228 Å². The Labute approximate surface area is 440 Å². The number of rotatable bonds is 44. The molecule has 0 aromatic heterocycles. The number of ether oxygens (including phenoxy) is 4. The van der Waals surface area contributed by atoms with Crippen molar-refractivity contribution in [3.05, 3.63) is 72.9 Å². The van der Waals surface area contributed by atoms with Gasteiger partial charge in [0.1, 0.15) is 48.8 Å². The zero-order valence-electron chi connectivity index (χ0n) is 45.1. The minimum Gasteiger partial charge on any atom is -0.394 e. The Morgan fingerprint density at radius 2 is 0.959 bits per heavy atom. The Bertz CT molecular complexity index is 1500. The zero-order valence-corrected chi connectivity index (χ0v) is 45.1. The lowest BCUT2D eigenvalue weighted by atomic mass is 9.97. The van der Waals surface area contributed by atoms with Crippen molar-refractivity contribution < 1.29 is 64.6 Å². The first-order valence-electron chi connectivity index (χ1n) is 28.7. The molecule has 0 bridgehead atoms. The van der Waals surface area contributed by atoms with Gasteiger partial charge in [-0.3, -0.25) is 4.79 Å². The molecular formula is C59H103NO13. The van der Waals surface area contributed by atoms with E-state index in [1.165, 1.54) is 89.9 Å². The summed E-state index contributed by atoms with van der Waals surface area (Å²) in [6.45, 7) is 2.65. The first kappa shape index (κ1) is 66.5. The molecule has 0 aromatic carbocycles. The predicted octanol–water partition coefficient (Wildman–Crippen LogP) is 9.16. The van der Waals surface area contributed by atoms with E-state index in [4.69, 9.17) is 18.9 Å². The molecule has 1 amide bonds. The van der Waals surface area contributed by atoms with Crippen molar-refractivity contribution in [3.8, 4) is 0 Å². The molecule has 0 spiro atoms. The number of hydrogen-bond acceptors (Lipinski definition) is 13. The van der Waals surface area contributed by atoms with Crippen LogP contribution in [-0.2, 0) is 23.7 Å². The molecule has 2 rings (SSSR count). The molecule has 12 atom stereocenters. The van der Waals surface area contributed by atoms with Crippen molar-refractivity contribution in [2.24, 2.45) is 0 Å². The van der Waals surface area contributed by atoms with Crippen LogP contribution in [0.5, 0.6) is 0 Å². The smallest absolute Gasteiger partial charge is 0.220 e. The summed E-state index contributed by atoms with van der Waals surface area (Å²) < 4.78 is 22.7. The Morgan fingerprint density at radius 1 is 0.507 bits per heavy atom. The van der Waals surface area contributed by atoms with Crippen LogP contribution in [0.25, 0.3) is 0 Å². The van der Waals surface area contributed by atoms with Crippen LogP contribution in [0.3, 0.4) is 0 Å². The molecule has 2 heterocycles. The van der Waals surface area contributed by atoms with Gasteiger partial charge in [0.25, 0.3) is 0 Å². The molecule has 422 valence electrons. The molecule has 2 fully saturated rings. The van der Waals surface area contributed by atoms with Crippen molar-refractivity contribution in [3.63, 3.8) is 0 Å². The number of aliphatic hydroxyl groups excluding tert-OH is 8. The number of hydrogen-bond donors (Lipinski definition) is 9. The van der Waals surface area contributed by atoms with Crippen LogP contribution in [-0.4, -0.2) is 140 Å². The summed E-state index contributed by atoms with van der Waals surface area (Å²) in [6.07, 6.45) is 40.8. The number of amides is 1. The van der Waals surface area contributed by atoms with Gasteiger partial charge in [-0.2, -0.15) is 0 Å². The van der Waals surface area contributed by atoms with Crippen molar-refractivity contribution in [2.45, 2.75) is 274 Å². The summed E-state index contributed by atoms with van der Waals surface area (Å²) in [5.74, 6) is -0.266. The van der Waals surface area contributed by atoms with Crippen molar-refractivity contribution >= 4 is 5.91 Å². The SMILES string of the molecule is CC/C=C\C/C=C\C/C=C\C/C=C\CCCCCCCCC(=O)NC(COC1OC(CO)C(OC2OC(CO)C(O)C(O)C2O)C(O)C1O)C(O)/C=C/CC/C=C/CCCCCCCCCCCCCCCC. The number of carbonyl (C=O) groups is 1. The summed E-state index contributed by atoms with van der Waals surface area (Å²) >= 11 is 0. The van der Waals surface area contributed by atoms with Gasteiger partial charge in [0.15, 0.2) is 12.6 Å². The fourth-order valence-corrected chi connectivity index (χ4v) is 9.00. The number of allylic oxidation sites excluding steroid dienone is 11. The van der Waals surface area contributed by atoms with Crippen LogP contribution in [0.2, 0.25) is 0 Å². The molecule has 0 radical (unpaired) electrons. The molecule has 14 heteroatoms. The van der Waals surface area contributed by atoms with E-state index in [0.29, 0.717) is 12.8 Å². The van der Waals surface area contributed by atoms with Gasteiger partial charge in [-0.05, 0) is 70.6 Å². The first-order valence-corrected chi connectivity index (χ1v) is 28.7. The highest BCUT2D eigenvalue weighted by Crippen LogP contribution is 2.30. The maximum Gasteiger partial charge on any atom is 0.220 e. The molecule has 9 N–H and O–H groups in total. The van der Waals surface area contributed by atoms with Crippen LogP contribution < -0.4 is 5.32 Å². The summed E-state index contributed by atoms with van der Waals surface area (Å²) in [6, 6.07) is -0.943. The van der Waals surface area contributed by atoms with E-state index < -0.39 is 86.8 Å². The van der Waals surface area contributed by atoms with Gasteiger partial charge in [-0.1, -0.05) is 196 Å². The normalized spacial score (nSPS) is 25.9. The van der Waals surface area contributed by atoms with E-state index >= 15 is 0 Å². The molecular weight excluding hydrogens is 931 g/mol. The van der Waals surface area contributed by atoms with Crippen LogP contribution in [0, 0.1) is 0 Å². The van der Waals surface area contributed by atoms with Crippen LogP contribution in [0.1, 0.15) is 200 Å². The lowest BCUT2D eigenvalue weighted by Crippen LogP contribution is -2.65. The third-order valence-corrected chi connectivity index (χ3v) is 13.6. The van der Waals surface area contributed by atoms with Gasteiger partial charge >= 0.3 is 0 Å². The van der Waals surface area contributed by atoms with Crippen molar-refractivity contribution in [2.75, 3.05) is 19.8 Å². The number of carbonyl (C=O) groups excluding carboxylic acids is 1. The highest BCUT2D eigenvalue weighted by molar-refractivity contribution is 5.76. The average molecular weight is 1030 g/mol. The highest BCUT2D eigenvalue weighted by atomic mass is 16.7. The van der Waals surface area contributed by atoms with Gasteiger partial charge < -0.3 is 65.1 Å². The van der Waals surface area contributed by atoms with Gasteiger partial charge in [0.2, 0.25) is 5.91 Å². The van der Waals surface area contributed by atoms with Crippen molar-refractivity contribution in [1.29, 1.82) is 0 Å². The van der Waals surface area contributed by atoms with E-state index in [1.807, 2.05) is 6.08 Å². The lowest BCUT2D eigenvalue weighted by Gasteiger charge is -2.46. The van der Waals surface area contributed by atoms with Crippen LogP contribution in [0.4, 0.5) is 0 Å². The Balaban J connectivity index is 1.82. The molecule has 2 aliphatic heterocycles. The molecule has 2 saturated heterocycles. The lowest BCUT2D eigenvalue weighted by molar-refractivity contribution is -0.359. The molecule has 14 nitrogen and oxygen atoms in total. The minimum atomic E-state index is -1.80. The zero-order chi connectivity index (χ0) is 53.2. The fraction of sp³-hybridized carbons (Fsp3) is 0.780. The third kappa shape index (κ3) is 30.7. The monoisotopic (exact) mass is 1030 g/mol. The molecule has 2 aliphatic rings. The van der Waals surface area contributed by atoms with Gasteiger partial charge in [-0.25, -0.2) is 0 Å². The summed E-state index contributed by atoms with van der Waals surface area (Å²) in [5, 5.41) is 87.0. The predicted molar refractivity (Wildman–Crippen MR) is 290 cm³/mol. The Hall–Kier alpha value is -2.57. The number of aliphatic hydroxyl groups is 8. The molecule has 12 unspecified atom stereocenters. The summed E-state index contributed by atoms with van der Waals surface area (Å²) in [7, 11) is 0. The van der Waals surface area contributed by atoms with E-state index in [9.17, 15) is 45.6 Å². The quantitative estimate of drug-likeness (QED) is 0.0205. The summed E-state index contributed by atoms with van der Waals surface area (Å²) in [4.78, 5) is 13.2. The molecule has 0 aromatic rings. The average Bonchev–Trinajstić information content (AvgIpc) is 3.39. The maximum absolute atomic E-state index is 13.2. The van der Waals surface area contributed by atoms with Gasteiger partial charge in [-0.15, -0.1) is 0 Å². The Kier molecular flexibility index (Phi) is 40.6. The fourth-order valence-electron chi connectivity index (χ4n) is 9.00.